The van der Waals surface area contributed by atoms with Crippen LogP contribution < -0.4 is 29.3 Å². The molecule has 1 N–H and O–H groups in total. The summed E-state index contributed by atoms with van der Waals surface area (Å²) in [5, 5.41) is 12.4. The number of fused-ring (bicyclic) bond motifs is 2. The number of Topliss-reactive ketones (excluding diaryl/α,β-unsaturated/α-hetero) is 1. The molecule has 0 saturated heterocycles. The van der Waals surface area contributed by atoms with E-state index in [-0.39, 0.29) is 50.0 Å². The maximum Gasteiger partial charge on any atom is 0.231 e. The van der Waals surface area contributed by atoms with Gasteiger partial charge in [-0.3, -0.25) is 9.59 Å². The summed E-state index contributed by atoms with van der Waals surface area (Å²) in [5.74, 6) is 1.77. The Morgan fingerprint density at radius 3 is 2.45 bits per heavy atom. The molecule has 0 spiro atoms. The quantitative estimate of drug-likeness (QED) is 0.373. The number of carbonyl (C=O) groups is 2. The summed E-state index contributed by atoms with van der Waals surface area (Å²) < 4.78 is 16.2. The van der Waals surface area contributed by atoms with Crippen LogP contribution in [0.5, 0.6) is 17.2 Å². The van der Waals surface area contributed by atoms with Crippen molar-refractivity contribution in [2.75, 3.05) is 43.8 Å². The zero-order valence-electron chi connectivity index (χ0n) is 18.5. The number of allylic oxidation sites excluding steroid dienone is 1. The molecule has 1 amide bonds. The summed E-state index contributed by atoms with van der Waals surface area (Å²) in [6, 6.07) is 15.0. The predicted octanol–water partition coefficient (Wildman–Crippen LogP) is 2.58. The first kappa shape index (κ1) is 22.0. The Kier molecular flexibility index (Phi) is 6.36. The summed E-state index contributed by atoms with van der Waals surface area (Å²) in [4.78, 5) is 28.6. The Hall–Kier alpha value is -4.19. The van der Waals surface area contributed by atoms with Crippen molar-refractivity contribution in [1.82, 2.24) is 5.32 Å². The molecule has 0 aromatic heterocycles. The van der Waals surface area contributed by atoms with Crippen LogP contribution in [-0.2, 0) is 9.59 Å². The number of anilines is 2. The van der Waals surface area contributed by atoms with Gasteiger partial charge in [0.1, 0.15) is 29.8 Å². The minimum atomic E-state index is -0.370. The largest absolute Gasteiger partial charge is 0.492 e. The third kappa shape index (κ3) is 4.55. The molecule has 9 nitrogen and oxygen atoms in total. The fourth-order valence-corrected chi connectivity index (χ4v) is 3.82. The molecule has 2 aliphatic rings. The van der Waals surface area contributed by atoms with Gasteiger partial charge in [0.15, 0.2) is 17.3 Å². The number of hydrogen-bond acceptors (Lipinski definition) is 8. The van der Waals surface area contributed by atoms with Crippen LogP contribution in [0, 0.1) is 11.3 Å². The first-order valence-electron chi connectivity index (χ1n) is 10.5. The number of rotatable bonds is 8. The van der Waals surface area contributed by atoms with E-state index in [4.69, 9.17) is 14.2 Å². The van der Waals surface area contributed by atoms with Gasteiger partial charge >= 0.3 is 0 Å². The summed E-state index contributed by atoms with van der Waals surface area (Å²) in [5.41, 5.74) is 1.86. The van der Waals surface area contributed by atoms with Crippen molar-refractivity contribution >= 4 is 23.1 Å². The highest BCUT2D eigenvalue weighted by Gasteiger charge is 2.31. The molecule has 0 radical (unpaired) electrons. The molecule has 2 aliphatic heterocycles. The lowest BCUT2D eigenvalue weighted by Crippen LogP contribution is -2.29. The van der Waals surface area contributed by atoms with Crippen LogP contribution in [0.4, 0.5) is 11.4 Å². The second-order valence-electron chi connectivity index (χ2n) is 7.55. The molecule has 170 valence electrons. The highest BCUT2D eigenvalue weighted by Crippen LogP contribution is 2.40. The van der Waals surface area contributed by atoms with Crippen LogP contribution in [0.2, 0.25) is 0 Å². The number of benzene rings is 2. The van der Waals surface area contributed by atoms with E-state index < -0.39 is 0 Å². The summed E-state index contributed by atoms with van der Waals surface area (Å²) in [6.07, 6.45) is -0.0685. The molecular formula is C24H24N4O5. The summed E-state index contributed by atoms with van der Waals surface area (Å²) >= 11 is 0. The molecule has 0 unspecified atom stereocenters. The van der Waals surface area contributed by atoms with Gasteiger partial charge in [0.25, 0.3) is 0 Å². The lowest BCUT2D eigenvalue weighted by atomic mass is 10.1. The van der Waals surface area contributed by atoms with Gasteiger partial charge in [-0.2, -0.15) is 5.26 Å². The zero-order valence-corrected chi connectivity index (χ0v) is 18.5. The number of amides is 1. The lowest BCUT2D eigenvalue weighted by Gasteiger charge is -2.19. The van der Waals surface area contributed by atoms with Gasteiger partial charge in [0.05, 0.1) is 17.9 Å². The fraction of sp³-hybridized carbons (Fsp3) is 0.292. The SMILES string of the molecule is CN1C(=C(C#N)C(=O)CCC(=O)NCCOc2ccc3c(c2)OCO3)N(C)c2ccccc21. The number of nitrogens with one attached hydrogen (secondary N) is 1. The van der Waals surface area contributed by atoms with Crippen molar-refractivity contribution < 1.29 is 23.8 Å². The topological polar surface area (TPSA) is 104 Å². The minimum absolute atomic E-state index is 0.0122. The number of nitriles is 1. The van der Waals surface area contributed by atoms with E-state index in [1.54, 1.807) is 18.2 Å². The highest BCUT2D eigenvalue weighted by atomic mass is 16.7. The van der Waals surface area contributed by atoms with Crippen LogP contribution in [0.1, 0.15) is 12.8 Å². The van der Waals surface area contributed by atoms with Crippen molar-refractivity contribution in [1.29, 1.82) is 5.26 Å². The van der Waals surface area contributed by atoms with Crippen molar-refractivity contribution in [3.8, 4) is 23.3 Å². The standard InChI is InChI=1S/C24H24N4O5/c1-27-18-5-3-4-6-19(18)28(2)24(27)17(14-25)20(29)8-10-23(30)26-11-12-31-16-7-9-21-22(13-16)33-15-32-21/h3-7,9,13H,8,10-12,15H2,1-2H3,(H,26,30). The second kappa shape index (κ2) is 9.53. The van der Waals surface area contributed by atoms with Crippen molar-refractivity contribution in [2.45, 2.75) is 12.8 Å². The molecule has 2 heterocycles. The molecule has 0 aliphatic carbocycles. The lowest BCUT2D eigenvalue weighted by molar-refractivity contribution is -0.124. The Labute approximate surface area is 191 Å². The molecular weight excluding hydrogens is 424 g/mol. The number of ketones is 1. The van der Waals surface area contributed by atoms with Crippen LogP contribution in [-0.4, -0.2) is 45.7 Å². The first-order valence-corrected chi connectivity index (χ1v) is 10.5. The normalized spacial score (nSPS) is 13.4. The molecule has 9 heteroatoms. The number of carbonyl (C=O) groups excluding carboxylic acids is 2. The first-order chi connectivity index (χ1) is 16.0. The van der Waals surface area contributed by atoms with Crippen LogP contribution in [0.3, 0.4) is 0 Å². The monoisotopic (exact) mass is 448 g/mol. The average Bonchev–Trinajstić information content (AvgIpc) is 3.39. The predicted molar refractivity (Wildman–Crippen MR) is 121 cm³/mol. The molecule has 2 aromatic carbocycles. The van der Waals surface area contributed by atoms with Gasteiger partial charge in [-0.15, -0.1) is 0 Å². The Morgan fingerprint density at radius 2 is 1.76 bits per heavy atom. The van der Waals surface area contributed by atoms with Crippen molar-refractivity contribution in [3.63, 3.8) is 0 Å². The number of ether oxygens (including phenoxy) is 3. The molecule has 2 aromatic rings. The summed E-state index contributed by atoms with van der Waals surface area (Å²) in [6.45, 7) is 0.742. The van der Waals surface area contributed by atoms with E-state index >= 15 is 0 Å². The van der Waals surface area contributed by atoms with E-state index in [0.29, 0.717) is 23.1 Å². The molecule has 0 fully saturated rings. The number of nitrogens with zero attached hydrogens (tertiary/aromatic N) is 3. The van der Waals surface area contributed by atoms with Gasteiger partial charge < -0.3 is 29.3 Å². The second-order valence-corrected chi connectivity index (χ2v) is 7.55. The fourth-order valence-electron chi connectivity index (χ4n) is 3.82. The third-order valence-corrected chi connectivity index (χ3v) is 5.47. The smallest absolute Gasteiger partial charge is 0.231 e. The molecule has 0 atom stereocenters. The Morgan fingerprint density at radius 1 is 1.06 bits per heavy atom. The molecule has 0 saturated carbocycles. The van der Waals surface area contributed by atoms with E-state index in [1.165, 1.54) is 0 Å². The maximum atomic E-state index is 12.8. The highest BCUT2D eigenvalue weighted by molar-refractivity contribution is 6.03. The van der Waals surface area contributed by atoms with Crippen molar-refractivity contribution in [3.05, 3.63) is 53.9 Å². The van der Waals surface area contributed by atoms with E-state index in [9.17, 15) is 14.9 Å². The van der Waals surface area contributed by atoms with Crippen LogP contribution in [0.15, 0.2) is 53.9 Å². The van der Waals surface area contributed by atoms with E-state index in [2.05, 4.69) is 5.32 Å². The van der Waals surface area contributed by atoms with Crippen molar-refractivity contribution in [2.24, 2.45) is 0 Å². The van der Waals surface area contributed by atoms with Gasteiger partial charge in [-0.1, -0.05) is 12.1 Å². The van der Waals surface area contributed by atoms with E-state index in [1.807, 2.05) is 54.2 Å². The minimum Gasteiger partial charge on any atom is -0.492 e. The molecule has 0 bridgehead atoms. The average molecular weight is 448 g/mol. The molecule has 33 heavy (non-hydrogen) atoms. The van der Waals surface area contributed by atoms with E-state index in [0.717, 1.165) is 11.4 Å². The van der Waals surface area contributed by atoms with Gasteiger partial charge in [0.2, 0.25) is 12.7 Å². The zero-order chi connectivity index (χ0) is 23.4. The van der Waals surface area contributed by atoms with Gasteiger partial charge in [0, 0.05) is 33.0 Å². The van der Waals surface area contributed by atoms with Gasteiger partial charge in [-0.05, 0) is 24.3 Å². The van der Waals surface area contributed by atoms with Crippen LogP contribution in [0.25, 0.3) is 0 Å². The molecule has 4 rings (SSSR count). The van der Waals surface area contributed by atoms with Gasteiger partial charge in [-0.25, -0.2) is 0 Å². The third-order valence-electron chi connectivity index (χ3n) is 5.47. The van der Waals surface area contributed by atoms with Crippen LogP contribution >= 0.6 is 0 Å². The summed E-state index contributed by atoms with van der Waals surface area (Å²) in [7, 11) is 3.63. The Balaban J connectivity index is 1.26. The maximum absolute atomic E-state index is 12.8. The number of para-hydroxylation sites is 2. The number of hydrogen-bond donors (Lipinski definition) is 1. The Bertz CT molecular complexity index is 1120.